The molecule has 1 aromatic heterocycles. The Bertz CT molecular complexity index is 734. The van der Waals surface area contributed by atoms with Gasteiger partial charge in [-0.1, -0.05) is 5.21 Å². The number of anilines is 1. The van der Waals surface area contributed by atoms with E-state index in [-0.39, 0.29) is 22.9 Å². The van der Waals surface area contributed by atoms with Crippen molar-refractivity contribution in [2.45, 2.75) is 18.9 Å². The van der Waals surface area contributed by atoms with E-state index in [9.17, 15) is 9.59 Å². The first kappa shape index (κ1) is 11.6. The fourth-order valence-corrected chi connectivity index (χ4v) is 1.96. The van der Waals surface area contributed by atoms with Crippen LogP contribution in [0.2, 0.25) is 0 Å². The van der Waals surface area contributed by atoms with Gasteiger partial charge in [0.25, 0.3) is 5.56 Å². The number of esters is 1. The van der Waals surface area contributed by atoms with Gasteiger partial charge < -0.3 is 10.5 Å². The van der Waals surface area contributed by atoms with Gasteiger partial charge in [0.05, 0.1) is 24.1 Å². The van der Waals surface area contributed by atoms with Crippen LogP contribution in [0.4, 0.5) is 5.69 Å². The molecule has 0 saturated heterocycles. The predicted octanol–water partition coefficient (Wildman–Crippen LogP) is 0.495. The molecule has 0 spiro atoms. The first-order valence-electron chi connectivity index (χ1n) is 5.89. The number of hydrogen-bond donors (Lipinski definition) is 1. The number of hydrogen-bond acceptors (Lipinski definition) is 6. The fraction of sp³-hybridized carbons (Fsp3) is 0.333. The average Bonchev–Trinajstić information content (AvgIpc) is 3.23. The van der Waals surface area contributed by atoms with Crippen molar-refractivity contribution in [1.29, 1.82) is 0 Å². The normalized spacial score (nSPS) is 14.6. The van der Waals surface area contributed by atoms with Gasteiger partial charge in [-0.2, -0.15) is 0 Å². The summed E-state index contributed by atoms with van der Waals surface area (Å²) in [5, 5.41) is 8.22. The van der Waals surface area contributed by atoms with Crippen molar-refractivity contribution < 1.29 is 9.53 Å². The highest BCUT2D eigenvalue weighted by molar-refractivity contribution is 5.99. The van der Waals surface area contributed by atoms with Crippen LogP contribution in [0.3, 0.4) is 0 Å². The van der Waals surface area contributed by atoms with E-state index in [2.05, 4.69) is 15.0 Å². The lowest BCUT2D eigenvalue weighted by atomic mass is 10.1. The highest BCUT2D eigenvalue weighted by atomic mass is 16.5. The van der Waals surface area contributed by atoms with E-state index >= 15 is 0 Å². The maximum Gasteiger partial charge on any atom is 0.340 e. The third kappa shape index (κ3) is 1.83. The molecule has 0 atom stereocenters. The number of fused-ring (bicyclic) bond motifs is 1. The average molecular weight is 260 g/mol. The fourth-order valence-electron chi connectivity index (χ4n) is 1.96. The summed E-state index contributed by atoms with van der Waals surface area (Å²) in [5.74, 6) is -0.562. The van der Waals surface area contributed by atoms with E-state index in [4.69, 9.17) is 5.73 Å². The van der Waals surface area contributed by atoms with E-state index < -0.39 is 5.97 Å². The standard InChI is InChI=1S/C12H12N4O3/c1-19-12(18)7-5-10-8(4-9(7)13)11(17)16(15-14-10)6-2-3-6/h4-6H,2-3,13H2,1H3. The zero-order valence-corrected chi connectivity index (χ0v) is 10.3. The Morgan fingerprint density at radius 1 is 1.47 bits per heavy atom. The minimum absolute atomic E-state index is 0.144. The number of aromatic nitrogens is 3. The molecule has 1 heterocycles. The zero-order chi connectivity index (χ0) is 13.6. The Labute approximate surface area is 108 Å². The van der Waals surface area contributed by atoms with Gasteiger partial charge in [-0.25, -0.2) is 9.48 Å². The highest BCUT2D eigenvalue weighted by Crippen LogP contribution is 2.32. The number of carbonyl (C=O) groups excluding carboxylic acids is 1. The van der Waals surface area contributed by atoms with Crippen molar-refractivity contribution in [2.24, 2.45) is 0 Å². The number of rotatable bonds is 2. The topological polar surface area (TPSA) is 100 Å². The summed E-state index contributed by atoms with van der Waals surface area (Å²) in [6, 6.07) is 3.03. The van der Waals surface area contributed by atoms with Gasteiger partial charge in [0, 0.05) is 5.69 Å². The van der Waals surface area contributed by atoms with Crippen LogP contribution in [-0.4, -0.2) is 28.1 Å². The molecule has 98 valence electrons. The molecule has 1 aromatic carbocycles. The smallest absolute Gasteiger partial charge is 0.340 e. The van der Waals surface area contributed by atoms with Crippen LogP contribution < -0.4 is 11.3 Å². The number of nitrogen functional groups attached to an aromatic ring is 1. The van der Waals surface area contributed by atoms with Gasteiger partial charge in [0.2, 0.25) is 0 Å². The van der Waals surface area contributed by atoms with Crippen LogP contribution >= 0.6 is 0 Å². The summed E-state index contributed by atoms with van der Waals surface area (Å²) in [6.45, 7) is 0. The molecule has 2 N–H and O–H groups in total. The largest absolute Gasteiger partial charge is 0.465 e. The summed E-state index contributed by atoms with van der Waals surface area (Å²) in [6.07, 6.45) is 1.88. The Kier molecular flexibility index (Phi) is 2.48. The number of carbonyl (C=O) groups is 1. The number of methoxy groups -OCH3 is 1. The van der Waals surface area contributed by atoms with Crippen molar-refractivity contribution in [1.82, 2.24) is 15.0 Å². The van der Waals surface area contributed by atoms with Crippen molar-refractivity contribution in [3.8, 4) is 0 Å². The predicted molar refractivity (Wildman–Crippen MR) is 67.8 cm³/mol. The summed E-state index contributed by atoms with van der Waals surface area (Å²) in [7, 11) is 1.27. The first-order chi connectivity index (χ1) is 9.11. The molecule has 0 radical (unpaired) electrons. The molecule has 1 fully saturated rings. The van der Waals surface area contributed by atoms with Crippen molar-refractivity contribution in [2.75, 3.05) is 12.8 Å². The SMILES string of the molecule is COC(=O)c1cc2nnn(C3CC3)c(=O)c2cc1N. The third-order valence-corrected chi connectivity index (χ3v) is 3.15. The summed E-state index contributed by atoms with van der Waals surface area (Å²) in [5.41, 5.74) is 6.28. The Hall–Kier alpha value is -2.44. The lowest BCUT2D eigenvalue weighted by Gasteiger charge is -2.06. The summed E-state index contributed by atoms with van der Waals surface area (Å²) in [4.78, 5) is 23.7. The van der Waals surface area contributed by atoms with Crippen LogP contribution in [0.25, 0.3) is 10.9 Å². The number of benzene rings is 1. The van der Waals surface area contributed by atoms with E-state index in [1.54, 1.807) is 0 Å². The van der Waals surface area contributed by atoms with Gasteiger partial charge in [0.15, 0.2) is 0 Å². The van der Waals surface area contributed by atoms with Crippen LogP contribution in [0.5, 0.6) is 0 Å². The molecule has 1 aliphatic rings. The summed E-state index contributed by atoms with van der Waals surface area (Å²) < 4.78 is 5.99. The molecule has 7 nitrogen and oxygen atoms in total. The summed E-state index contributed by atoms with van der Waals surface area (Å²) >= 11 is 0. The molecule has 7 heteroatoms. The minimum atomic E-state index is -0.562. The Morgan fingerprint density at radius 2 is 2.21 bits per heavy atom. The highest BCUT2D eigenvalue weighted by Gasteiger charge is 2.27. The number of ether oxygens (including phenoxy) is 1. The van der Waals surface area contributed by atoms with Crippen LogP contribution in [0.15, 0.2) is 16.9 Å². The van der Waals surface area contributed by atoms with E-state index in [1.165, 1.54) is 23.9 Å². The van der Waals surface area contributed by atoms with Crippen LogP contribution in [0.1, 0.15) is 29.2 Å². The molecule has 0 aliphatic heterocycles. The first-order valence-corrected chi connectivity index (χ1v) is 5.89. The second-order valence-electron chi connectivity index (χ2n) is 4.52. The van der Waals surface area contributed by atoms with Gasteiger partial charge in [-0.15, -0.1) is 5.10 Å². The Morgan fingerprint density at radius 3 is 2.84 bits per heavy atom. The molecule has 1 saturated carbocycles. The second kappa shape index (κ2) is 4.04. The minimum Gasteiger partial charge on any atom is -0.465 e. The van der Waals surface area contributed by atoms with Gasteiger partial charge in [-0.3, -0.25) is 4.79 Å². The van der Waals surface area contributed by atoms with Crippen molar-refractivity contribution in [3.63, 3.8) is 0 Å². The molecular formula is C12H12N4O3. The van der Waals surface area contributed by atoms with E-state index in [1.807, 2.05) is 0 Å². The molecule has 2 aromatic rings. The van der Waals surface area contributed by atoms with E-state index in [0.29, 0.717) is 10.9 Å². The molecule has 3 rings (SSSR count). The Balaban J connectivity index is 2.23. The maximum atomic E-state index is 12.2. The van der Waals surface area contributed by atoms with Crippen molar-refractivity contribution in [3.05, 3.63) is 28.0 Å². The zero-order valence-electron chi connectivity index (χ0n) is 10.3. The van der Waals surface area contributed by atoms with Gasteiger partial charge >= 0.3 is 5.97 Å². The van der Waals surface area contributed by atoms with Crippen LogP contribution in [-0.2, 0) is 4.74 Å². The molecule has 0 unspecified atom stereocenters. The van der Waals surface area contributed by atoms with Gasteiger partial charge in [0.1, 0.15) is 5.52 Å². The molecule has 0 amide bonds. The molecular weight excluding hydrogens is 248 g/mol. The molecule has 1 aliphatic carbocycles. The number of nitrogens with two attached hydrogens (primary N) is 1. The second-order valence-corrected chi connectivity index (χ2v) is 4.52. The number of nitrogens with zero attached hydrogens (tertiary/aromatic N) is 3. The lowest BCUT2D eigenvalue weighted by Crippen LogP contribution is -2.23. The quantitative estimate of drug-likeness (QED) is 0.623. The van der Waals surface area contributed by atoms with Crippen molar-refractivity contribution >= 4 is 22.6 Å². The third-order valence-electron chi connectivity index (χ3n) is 3.15. The molecule has 0 bridgehead atoms. The van der Waals surface area contributed by atoms with Crippen LogP contribution in [0, 0.1) is 0 Å². The molecule has 19 heavy (non-hydrogen) atoms. The monoisotopic (exact) mass is 260 g/mol. The van der Waals surface area contributed by atoms with Gasteiger partial charge in [-0.05, 0) is 25.0 Å². The lowest BCUT2D eigenvalue weighted by molar-refractivity contribution is 0.0602. The maximum absolute atomic E-state index is 12.2. The van der Waals surface area contributed by atoms with E-state index in [0.717, 1.165) is 12.8 Å².